The van der Waals surface area contributed by atoms with Crippen molar-refractivity contribution in [2.24, 2.45) is 0 Å². The molecule has 0 amide bonds. The van der Waals surface area contributed by atoms with Crippen LogP contribution in [-0.4, -0.2) is 100 Å². The van der Waals surface area contributed by atoms with E-state index in [0.717, 1.165) is 65.5 Å². The topological polar surface area (TPSA) is 43.4 Å². The van der Waals surface area contributed by atoms with Crippen LogP contribution in [0.3, 0.4) is 0 Å². The van der Waals surface area contributed by atoms with E-state index in [4.69, 9.17) is 18.9 Å². The summed E-state index contributed by atoms with van der Waals surface area (Å²) >= 11 is 0. The second-order valence-corrected chi connectivity index (χ2v) is 7.58. The maximum atomic E-state index is 5.68. The maximum Gasteiger partial charge on any atom is 0.0678 e. The molecule has 3 unspecified atom stereocenters. The van der Waals surface area contributed by atoms with Crippen molar-refractivity contribution in [2.45, 2.75) is 79.3 Å². The molecular formula is C24H52N2O4. The molecule has 6 nitrogen and oxygen atoms in total. The number of methoxy groups -OCH3 is 1. The van der Waals surface area contributed by atoms with Crippen LogP contribution in [0.4, 0.5) is 0 Å². The van der Waals surface area contributed by atoms with Gasteiger partial charge in [-0.05, 0) is 34.1 Å². The Morgan fingerprint density at radius 3 is 1.97 bits per heavy atom. The first-order chi connectivity index (χ1) is 14.4. The second-order valence-electron chi connectivity index (χ2n) is 7.58. The lowest BCUT2D eigenvalue weighted by molar-refractivity contribution is -0.0755. The Morgan fingerprint density at radius 1 is 0.933 bits per heavy atom. The van der Waals surface area contributed by atoms with Crippen LogP contribution in [0.2, 0.25) is 0 Å². The average Bonchev–Trinajstić information content (AvgIpc) is 2.75. The highest BCUT2D eigenvalue weighted by molar-refractivity contribution is 4.72. The summed E-state index contributed by atoms with van der Waals surface area (Å²) in [7, 11) is 1.74. The highest BCUT2D eigenvalue weighted by Gasteiger charge is 2.21. The summed E-state index contributed by atoms with van der Waals surface area (Å²) in [6.07, 6.45) is 2.59. The third-order valence-corrected chi connectivity index (χ3v) is 4.82. The van der Waals surface area contributed by atoms with Gasteiger partial charge in [-0.25, -0.2) is 0 Å². The third kappa shape index (κ3) is 17.2. The Labute approximate surface area is 187 Å². The molecule has 0 aromatic heterocycles. The minimum Gasteiger partial charge on any atom is -0.383 e. The standard InChI is InChI=1S/C12H25NO2.C8H17NO2.C2H6.C2H4/c1-5-10(2)14-7-6-13-8-11(3)15-12(4)9-13;1-8-7-9(3-5-10-2)4-6-11-8;2*1-2/h10-12H,5-9H2,1-4H3;8H,3-7H2,1-2H3;1-2H3;1-2H2/t;8-;;/m.1../s1. The van der Waals surface area contributed by atoms with Gasteiger partial charge in [-0.15, -0.1) is 13.2 Å². The van der Waals surface area contributed by atoms with Gasteiger partial charge >= 0.3 is 0 Å². The zero-order valence-electron chi connectivity index (χ0n) is 21.3. The molecule has 0 N–H and O–H groups in total. The van der Waals surface area contributed by atoms with Crippen molar-refractivity contribution >= 4 is 0 Å². The Kier molecular flexibility index (Phi) is 22.9. The fourth-order valence-electron chi connectivity index (χ4n) is 3.28. The quantitative estimate of drug-likeness (QED) is 0.538. The van der Waals surface area contributed by atoms with E-state index in [1.807, 2.05) is 13.8 Å². The van der Waals surface area contributed by atoms with Crippen LogP contribution in [0, 0.1) is 0 Å². The summed E-state index contributed by atoms with van der Waals surface area (Å²) in [5, 5.41) is 0. The molecule has 2 saturated heterocycles. The molecule has 182 valence electrons. The van der Waals surface area contributed by atoms with E-state index < -0.39 is 0 Å². The van der Waals surface area contributed by atoms with Gasteiger partial charge in [-0.2, -0.15) is 0 Å². The van der Waals surface area contributed by atoms with Gasteiger partial charge in [0.05, 0.1) is 44.2 Å². The van der Waals surface area contributed by atoms with Crippen molar-refractivity contribution in [1.82, 2.24) is 9.80 Å². The van der Waals surface area contributed by atoms with E-state index in [1.165, 1.54) is 0 Å². The van der Waals surface area contributed by atoms with Crippen LogP contribution >= 0.6 is 0 Å². The van der Waals surface area contributed by atoms with E-state index in [2.05, 4.69) is 57.6 Å². The van der Waals surface area contributed by atoms with Gasteiger partial charge in [0.15, 0.2) is 0 Å². The minimum absolute atomic E-state index is 0.359. The zero-order chi connectivity index (χ0) is 23.4. The van der Waals surface area contributed by atoms with E-state index >= 15 is 0 Å². The van der Waals surface area contributed by atoms with E-state index in [-0.39, 0.29) is 0 Å². The summed E-state index contributed by atoms with van der Waals surface area (Å²) in [4.78, 5) is 4.80. The fraction of sp³-hybridized carbons (Fsp3) is 0.917. The van der Waals surface area contributed by atoms with E-state index in [1.54, 1.807) is 7.11 Å². The second kappa shape index (κ2) is 21.7. The average molecular weight is 433 g/mol. The molecule has 0 radical (unpaired) electrons. The summed E-state index contributed by atoms with van der Waals surface area (Å²) < 4.78 is 21.8. The Morgan fingerprint density at radius 2 is 1.47 bits per heavy atom. The predicted octanol–water partition coefficient (Wildman–Crippen LogP) is 4.09. The van der Waals surface area contributed by atoms with Crippen LogP contribution in [0.25, 0.3) is 0 Å². The zero-order valence-corrected chi connectivity index (χ0v) is 21.3. The van der Waals surface area contributed by atoms with Crippen LogP contribution in [-0.2, 0) is 18.9 Å². The molecule has 4 atom stereocenters. The predicted molar refractivity (Wildman–Crippen MR) is 128 cm³/mol. The number of ether oxygens (including phenoxy) is 4. The van der Waals surface area contributed by atoms with Crippen molar-refractivity contribution in [3.05, 3.63) is 13.2 Å². The molecular weight excluding hydrogens is 380 g/mol. The molecule has 0 bridgehead atoms. The first-order valence-corrected chi connectivity index (χ1v) is 11.8. The van der Waals surface area contributed by atoms with Crippen LogP contribution in [0.5, 0.6) is 0 Å². The summed E-state index contributed by atoms with van der Waals surface area (Å²) in [5.74, 6) is 0. The Bertz CT molecular complexity index is 350. The van der Waals surface area contributed by atoms with Crippen LogP contribution in [0.15, 0.2) is 13.2 Å². The number of morpholine rings is 2. The van der Waals surface area contributed by atoms with Gasteiger partial charge in [-0.3, -0.25) is 9.80 Å². The molecule has 30 heavy (non-hydrogen) atoms. The first kappa shape index (κ1) is 31.7. The molecule has 0 saturated carbocycles. The molecule has 2 aliphatic rings. The van der Waals surface area contributed by atoms with E-state index in [0.29, 0.717) is 24.4 Å². The minimum atomic E-state index is 0.359. The Balaban J connectivity index is 0. The van der Waals surface area contributed by atoms with Gasteiger partial charge in [-0.1, -0.05) is 20.8 Å². The fourth-order valence-corrected chi connectivity index (χ4v) is 3.28. The van der Waals surface area contributed by atoms with Crippen LogP contribution < -0.4 is 0 Å². The molecule has 2 aliphatic heterocycles. The molecule has 0 aromatic carbocycles. The van der Waals surface area contributed by atoms with Crippen molar-refractivity contribution < 1.29 is 18.9 Å². The summed E-state index contributed by atoms with van der Waals surface area (Å²) in [5.41, 5.74) is 0. The van der Waals surface area contributed by atoms with Crippen molar-refractivity contribution in [2.75, 3.05) is 66.2 Å². The third-order valence-electron chi connectivity index (χ3n) is 4.82. The first-order valence-electron chi connectivity index (χ1n) is 11.8. The number of hydrogen-bond acceptors (Lipinski definition) is 6. The molecule has 2 heterocycles. The monoisotopic (exact) mass is 432 g/mol. The largest absolute Gasteiger partial charge is 0.383 e. The smallest absolute Gasteiger partial charge is 0.0678 e. The Hall–Kier alpha value is -0.500. The lowest BCUT2D eigenvalue weighted by Crippen LogP contribution is -2.46. The highest BCUT2D eigenvalue weighted by atomic mass is 16.5. The van der Waals surface area contributed by atoms with Crippen molar-refractivity contribution in [1.29, 1.82) is 0 Å². The summed E-state index contributed by atoms with van der Waals surface area (Å²) in [6, 6.07) is 0. The van der Waals surface area contributed by atoms with Crippen molar-refractivity contribution in [3.63, 3.8) is 0 Å². The van der Waals surface area contributed by atoms with Gasteiger partial charge in [0.1, 0.15) is 0 Å². The summed E-state index contributed by atoms with van der Waals surface area (Å²) in [6.45, 7) is 29.4. The molecule has 0 spiro atoms. The maximum absolute atomic E-state index is 5.68. The molecule has 0 aromatic rings. The van der Waals surface area contributed by atoms with E-state index in [9.17, 15) is 0 Å². The normalized spacial score (nSPS) is 25.5. The van der Waals surface area contributed by atoms with Gasteiger partial charge in [0, 0.05) is 46.4 Å². The SMILES string of the molecule is C=C.CC.CCC(C)OCCN1CC(C)OC(C)C1.COCCN1CCO[C@H](C)C1. The lowest BCUT2D eigenvalue weighted by Gasteiger charge is -2.35. The lowest BCUT2D eigenvalue weighted by atomic mass is 10.2. The molecule has 2 rings (SSSR count). The van der Waals surface area contributed by atoms with Crippen molar-refractivity contribution in [3.8, 4) is 0 Å². The van der Waals surface area contributed by atoms with Gasteiger partial charge < -0.3 is 18.9 Å². The number of rotatable bonds is 8. The number of nitrogens with zero attached hydrogens (tertiary/aromatic N) is 2. The van der Waals surface area contributed by atoms with Gasteiger partial charge in [0.25, 0.3) is 0 Å². The van der Waals surface area contributed by atoms with Crippen LogP contribution in [0.1, 0.15) is 54.9 Å². The number of hydrogen-bond donors (Lipinski definition) is 0. The van der Waals surface area contributed by atoms with Gasteiger partial charge in [0.2, 0.25) is 0 Å². The molecule has 0 aliphatic carbocycles. The molecule has 6 heteroatoms. The molecule has 2 fully saturated rings. The highest BCUT2D eigenvalue weighted by Crippen LogP contribution is 2.10.